The highest BCUT2D eigenvalue weighted by Crippen LogP contribution is 2.40. The molecule has 3 aliphatic heterocycles. The predicted molar refractivity (Wildman–Crippen MR) is 140 cm³/mol. The number of hydrogen-bond acceptors (Lipinski definition) is 5. The normalized spacial score (nSPS) is 20.1. The van der Waals surface area contributed by atoms with E-state index in [1.165, 1.54) is 10.5 Å². The van der Waals surface area contributed by atoms with Gasteiger partial charge in [-0.25, -0.2) is 0 Å². The molecule has 1 atom stereocenters. The molecule has 0 spiro atoms. The van der Waals surface area contributed by atoms with Crippen molar-refractivity contribution in [2.45, 2.75) is 31.8 Å². The molecule has 0 aromatic heterocycles. The summed E-state index contributed by atoms with van der Waals surface area (Å²) >= 11 is 0. The van der Waals surface area contributed by atoms with Crippen LogP contribution in [0.2, 0.25) is 0 Å². The zero-order chi connectivity index (χ0) is 25.2. The van der Waals surface area contributed by atoms with E-state index in [9.17, 15) is 14.4 Å². The van der Waals surface area contributed by atoms with Crippen molar-refractivity contribution in [1.29, 1.82) is 0 Å². The molecule has 2 aromatic carbocycles. The van der Waals surface area contributed by atoms with Crippen molar-refractivity contribution in [3.8, 4) is 0 Å². The van der Waals surface area contributed by atoms with Gasteiger partial charge in [0, 0.05) is 58.9 Å². The Balaban J connectivity index is 1.32. The summed E-state index contributed by atoms with van der Waals surface area (Å²) in [6, 6.07) is 15.7. The highest BCUT2D eigenvalue weighted by molar-refractivity contribution is 6.09. The number of benzene rings is 2. The van der Waals surface area contributed by atoms with Crippen molar-refractivity contribution in [3.05, 3.63) is 59.7 Å². The first-order valence-corrected chi connectivity index (χ1v) is 12.9. The number of anilines is 2. The van der Waals surface area contributed by atoms with Crippen molar-refractivity contribution in [1.82, 2.24) is 14.7 Å². The van der Waals surface area contributed by atoms with Gasteiger partial charge < -0.3 is 14.7 Å². The molecule has 3 amide bonds. The Bertz CT molecular complexity index is 1130. The number of carbonyl (C=O) groups is 3. The lowest BCUT2D eigenvalue weighted by Gasteiger charge is -2.45. The highest BCUT2D eigenvalue weighted by Gasteiger charge is 2.41. The fourth-order valence-corrected chi connectivity index (χ4v) is 5.54. The first-order chi connectivity index (χ1) is 17.4. The first kappa shape index (κ1) is 24.3. The molecule has 8 nitrogen and oxygen atoms in total. The first-order valence-electron chi connectivity index (χ1n) is 12.9. The molecule has 0 unspecified atom stereocenters. The average molecular weight is 490 g/mol. The molecule has 8 heteroatoms. The van der Waals surface area contributed by atoms with E-state index in [1.54, 1.807) is 25.1 Å². The molecule has 2 fully saturated rings. The van der Waals surface area contributed by atoms with E-state index in [0.29, 0.717) is 24.3 Å². The molecule has 0 N–H and O–H groups in total. The number of piperazine rings is 1. The van der Waals surface area contributed by atoms with E-state index in [2.05, 4.69) is 21.9 Å². The van der Waals surface area contributed by atoms with Crippen LogP contribution in [0.5, 0.6) is 0 Å². The zero-order valence-electron chi connectivity index (χ0n) is 21.2. The molecule has 2 aromatic rings. The molecular weight excluding hydrogens is 454 g/mol. The largest absolute Gasteiger partial charge is 0.358 e. The summed E-state index contributed by atoms with van der Waals surface area (Å²) < 4.78 is 0. The Labute approximate surface area is 213 Å². The maximum Gasteiger partial charge on any atom is 0.253 e. The van der Waals surface area contributed by atoms with Gasteiger partial charge in [-0.2, -0.15) is 0 Å². The quantitative estimate of drug-likeness (QED) is 0.646. The Morgan fingerprint density at radius 2 is 1.67 bits per heavy atom. The van der Waals surface area contributed by atoms with Gasteiger partial charge in [0.15, 0.2) is 0 Å². The Morgan fingerprint density at radius 1 is 0.917 bits per heavy atom. The van der Waals surface area contributed by atoms with Gasteiger partial charge in [0.05, 0.1) is 11.4 Å². The summed E-state index contributed by atoms with van der Waals surface area (Å²) in [5.74, 6) is -0.193. The minimum absolute atomic E-state index is 0.00840. The van der Waals surface area contributed by atoms with Crippen LogP contribution in [-0.2, 0) is 16.1 Å². The van der Waals surface area contributed by atoms with Gasteiger partial charge in [-0.1, -0.05) is 30.3 Å². The lowest BCUT2D eigenvalue weighted by molar-refractivity contribution is -0.133. The maximum atomic E-state index is 13.6. The summed E-state index contributed by atoms with van der Waals surface area (Å²) in [4.78, 5) is 49.2. The molecule has 5 rings (SSSR count). The minimum atomic E-state index is -0.239. The number of piperidine rings is 1. The van der Waals surface area contributed by atoms with Crippen molar-refractivity contribution in [2.75, 3.05) is 63.2 Å². The molecule has 3 heterocycles. The van der Waals surface area contributed by atoms with Crippen molar-refractivity contribution in [3.63, 3.8) is 0 Å². The number of nitrogens with zero attached hydrogens (tertiary/aromatic N) is 5. The summed E-state index contributed by atoms with van der Waals surface area (Å²) in [5.41, 5.74) is 3.40. The summed E-state index contributed by atoms with van der Waals surface area (Å²) in [5, 5.41) is 0. The maximum absolute atomic E-state index is 13.6. The third-order valence-electron chi connectivity index (χ3n) is 7.55. The van der Waals surface area contributed by atoms with Gasteiger partial charge in [-0.3, -0.25) is 24.2 Å². The van der Waals surface area contributed by atoms with Crippen LogP contribution in [0.1, 0.15) is 35.2 Å². The molecule has 190 valence electrons. The van der Waals surface area contributed by atoms with Gasteiger partial charge in [0.1, 0.15) is 12.6 Å². The third-order valence-corrected chi connectivity index (χ3v) is 7.55. The van der Waals surface area contributed by atoms with E-state index < -0.39 is 0 Å². The van der Waals surface area contributed by atoms with Crippen LogP contribution in [0.4, 0.5) is 11.4 Å². The van der Waals surface area contributed by atoms with E-state index >= 15 is 0 Å². The number of amides is 3. The van der Waals surface area contributed by atoms with Crippen molar-refractivity contribution < 1.29 is 14.4 Å². The van der Waals surface area contributed by atoms with Crippen LogP contribution in [0, 0.1) is 0 Å². The van der Waals surface area contributed by atoms with Gasteiger partial charge >= 0.3 is 0 Å². The Hall–Kier alpha value is -3.39. The summed E-state index contributed by atoms with van der Waals surface area (Å²) in [6.45, 7) is 4.61. The summed E-state index contributed by atoms with van der Waals surface area (Å²) in [7, 11) is 3.43. The smallest absolute Gasteiger partial charge is 0.253 e. The molecule has 0 aliphatic carbocycles. The van der Waals surface area contributed by atoms with Crippen LogP contribution in [0.25, 0.3) is 0 Å². The van der Waals surface area contributed by atoms with Crippen LogP contribution in [0.3, 0.4) is 0 Å². The molecule has 2 saturated heterocycles. The van der Waals surface area contributed by atoms with Gasteiger partial charge in [-0.05, 0) is 43.0 Å². The summed E-state index contributed by atoms with van der Waals surface area (Å²) in [6.07, 6.45) is 2.83. The molecule has 0 saturated carbocycles. The van der Waals surface area contributed by atoms with Crippen molar-refractivity contribution >= 4 is 29.1 Å². The lowest BCUT2D eigenvalue weighted by atomic mass is 9.95. The van der Waals surface area contributed by atoms with Crippen molar-refractivity contribution in [2.24, 2.45) is 0 Å². The van der Waals surface area contributed by atoms with Gasteiger partial charge in [0.2, 0.25) is 11.8 Å². The van der Waals surface area contributed by atoms with E-state index in [0.717, 1.165) is 51.1 Å². The Kier molecular flexibility index (Phi) is 6.96. The number of rotatable bonds is 5. The topological polar surface area (TPSA) is 67.4 Å². The van der Waals surface area contributed by atoms with Gasteiger partial charge in [-0.15, -0.1) is 0 Å². The predicted octanol–water partition coefficient (Wildman–Crippen LogP) is 2.44. The third kappa shape index (κ3) is 4.82. The van der Waals surface area contributed by atoms with E-state index in [4.69, 9.17) is 0 Å². The van der Waals surface area contributed by atoms with Gasteiger partial charge in [0.25, 0.3) is 5.91 Å². The second-order valence-electron chi connectivity index (χ2n) is 10.2. The molecular formula is C28H35N5O3. The van der Waals surface area contributed by atoms with E-state index in [-0.39, 0.29) is 30.3 Å². The van der Waals surface area contributed by atoms with Crippen LogP contribution >= 0.6 is 0 Å². The fourth-order valence-electron chi connectivity index (χ4n) is 5.54. The Morgan fingerprint density at radius 3 is 2.39 bits per heavy atom. The highest BCUT2D eigenvalue weighted by atomic mass is 16.2. The molecule has 0 radical (unpaired) electrons. The fraction of sp³-hybridized carbons (Fsp3) is 0.464. The molecule has 36 heavy (non-hydrogen) atoms. The van der Waals surface area contributed by atoms with Crippen LogP contribution < -0.4 is 9.80 Å². The SMILES string of the molecule is CN(C)C(=O)c1ccc2c(c1)N(CC(=O)N1CCN(Cc3ccccc3)CC1)C(=O)[C@@H]1CCCCN21. The van der Waals surface area contributed by atoms with Crippen LogP contribution in [-0.4, -0.2) is 91.8 Å². The number of hydrogen-bond donors (Lipinski definition) is 0. The second-order valence-corrected chi connectivity index (χ2v) is 10.2. The number of fused-ring (bicyclic) bond motifs is 3. The monoisotopic (exact) mass is 489 g/mol. The second kappa shape index (κ2) is 10.3. The lowest BCUT2D eigenvalue weighted by Crippen LogP contribution is -2.58. The molecule has 0 bridgehead atoms. The average Bonchev–Trinajstić information content (AvgIpc) is 2.91. The zero-order valence-corrected chi connectivity index (χ0v) is 21.2. The molecule has 3 aliphatic rings. The standard InChI is InChI=1S/C28H35N5O3/c1-29(2)27(35)22-11-12-23-25(18-22)33(28(36)24-10-6-7-13-32(23)24)20-26(34)31-16-14-30(15-17-31)19-21-8-4-3-5-9-21/h3-5,8-9,11-12,18,24H,6-7,10,13-17,19-20H2,1-2H3/t24-/m0/s1. The number of carbonyl (C=O) groups excluding carboxylic acids is 3. The minimum Gasteiger partial charge on any atom is -0.358 e. The van der Waals surface area contributed by atoms with E-state index in [1.807, 2.05) is 35.2 Å². The van der Waals surface area contributed by atoms with Crippen LogP contribution in [0.15, 0.2) is 48.5 Å².